The van der Waals surface area contributed by atoms with E-state index < -0.39 is 0 Å². The highest BCUT2D eigenvalue weighted by atomic mass is 32.1. The lowest BCUT2D eigenvalue weighted by Gasteiger charge is -2.34. The van der Waals surface area contributed by atoms with Gasteiger partial charge in [-0.05, 0) is 50.6 Å². The molecule has 0 aliphatic carbocycles. The molecule has 1 aliphatic heterocycles. The topological polar surface area (TPSA) is 64.6 Å². The zero-order valence-electron chi connectivity index (χ0n) is 18.3. The highest BCUT2D eigenvalue weighted by molar-refractivity contribution is 7.08. The summed E-state index contributed by atoms with van der Waals surface area (Å²) in [4.78, 5) is 28.7. The van der Waals surface area contributed by atoms with Gasteiger partial charge in [0.2, 0.25) is 0 Å². The van der Waals surface area contributed by atoms with Crippen LogP contribution in [0.1, 0.15) is 22.6 Å². The lowest BCUT2D eigenvalue weighted by molar-refractivity contribution is 0.0626. The number of nitrogens with zero attached hydrogens (tertiary/aromatic N) is 5. The van der Waals surface area contributed by atoms with Crippen molar-refractivity contribution in [2.45, 2.75) is 13.0 Å². The van der Waals surface area contributed by atoms with E-state index in [4.69, 9.17) is 9.97 Å². The molecule has 3 aromatic rings. The summed E-state index contributed by atoms with van der Waals surface area (Å²) in [6.07, 6.45) is 1.06. The third-order valence-corrected chi connectivity index (χ3v) is 6.20. The standard InChI is InChI=1S/C23H30N6OS/c1-27(2)10-5-9-24-22-19-6-3-4-7-20(19)25-21(26-22)16-28-11-13-29(14-12-28)23(30)18-8-15-31-17-18/h3-4,6-8,15,17H,5,9-14,16H2,1-2H3,(H,24,25,26). The van der Waals surface area contributed by atoms with Gasteiger partial charge in [0.1, 0.15) is 11.6 Å². The molecule has 1 saturated heterocycles. The summed E-state index contributed by atoms with van der Waals surface area (Å²) in [5, 5.41) is 8.44. The molecule has 0 spiro atoms. The second-order valence-electron chi connectivity index (χ2n) is 8.17. The van der Waals surface area contributed by atoms with Gasteiger partial charge in [0.25, 0.3) is 5.91 Å². The Labute approximate surface area is 187 Å². The third kappa shape index (κ3) is 5.58. The molecule has 0 radical (unpaired) electrons. The lowest BCUT2D eigenvalue weighted by atomic mass is 10.2. The van der Waals surface area contributed by atoms with Gasteiger partial charge >= 0.3 is 0 Å². The monoisotopic (exact) mass is 438 g/mol. The average molecular weight is 439 g/mol. The molecule has 0 bridgehead atoms. The number of nitrogens with one attached hydrogen (secondary N) is 1. The molecule has 0 atom stereocenters. The first-order chi connectivity index (χ1) is 15.1. The summed E-state index contributed by atoms with van der Waals surface area (Å²) in [6.45, 7) is 5.74. The van der Waals surface area contributed by atoms with Crippen molar-refractivity contribution in [3.8, 4) is 0 Å². The summed E-state index contributed by atoms with van der Waals surface area (Å²) in [6, 6.07) is 10.1. The van der Waals surface area contributed by atoms with E-state index in [0.29, 0.717) is 6.54 Å². The normalized spacial score (nSPS) is 15.0. The molecule has 1 N–H and O–H groups in total. The van der Waals surface area contributed by atoms with Crippen LogP contribution in [0.3, 0.4) is 0 Å². The number of hydrogen-bond acceptors (Lipinski definition) is 7. The van der Waals surface area contributed by atoms with Crippen molar-refractivity contribution in [2.75, 3.05) is 58.7 Å². The predicted octanol–water partition coefficient (Wildman–Crippen LogP) is 3.01. The first-order valence-electron chi connectivity index (χ1n) is 10.8. The van der Waals surface area contributed by atoms with Crippen molar-refractivity contribution in [1.29, 1.82) is 0 Å². The molecule has 0 saturated carbocycles. The number of amides is 1. The van der Waals surface area contributed by atoms with Gasteiger partial charge in [0.15, 0.2) is 0 Å². The second kappa shape index (κ2) is 10.2. The number of para-hydroxylation sites is 1. The van der Waals surface area contributed by atoms with Crippen LogP contribution < -0.4 is 5.32 Å². The van der Waals surface area contributed by atoms with Crippen LogP contribution in [0.25, 0.3) is 10.9 Å². The third-order valence-electron chi connectivity index (χ3n) is 5.52. The Morgan fingerprint density at radius 1 is 1.13 bits per heavy atom. The number of rotatable bonds is 8. The van der Waals surface area contributed by atoms with Crippen LogP contribution in [-0.4, -0.2) is 83.9 Å². The van der Waals surface area contributed by atoms with E-state index >= 15 is 0 Å². The summed E-state index contributed by atoms with van der Waals surface area (Å²) in [5.74, 6) is 1.86. The van der Waals surface area contributed by atoms with Gasteiger partial charge in [-0.1, -0.05) is 12.1 Å². The second-order valence-corrected chi connectivity index (χ2v) is 8.95. The number of carbonyl (C=O) groups is 1. The van der Waals surface area contributed by atoms with Crippen molar-refractivity contribution in [3.63, 3.8) is 0 Å². The molecular formula is C23H30N6OS. The molecule has 7 nitrogen and oxygen atoms in total. The number of benzene rings is 1. The molecule has 4 rings (SSSR count). The number of hydrogen-bond donors (Lipinski definition) is 1. The Kier molecular flexibility index (Phi) is 7.11. The van der Waals surface area contributed by atoms with E-state index in [9.17, 15) is 4.79 Å². The number of piperazine rings is 1. The number of aromatic nitrogens is 2. The van der Waals surface area contributed by atoms with Crippen molar-refractivity contribution in [1.82, 2.24) is 24.7 Å². The van der Waals surface area contributed by atoms with Crippen molar-refractivity contribution in [2.24, 2.45) is 0 Å². The Morgan fingerprint density at radius 2 is 1.94 bits per heavy atom. The smallest absolute Gasteiger partial charge is 0.254 e. The van der Waals surface area contributed by atoms with Crippen LogP contribution >= 0.6 is 11.3 Å². The van der Waals surface area contributed by atoms with Crippen LogP contribution in [0.15, 0.2) is 41.1 Å². The highest BCUT2D eigenvalue weighted by Gasteiger charge is 2.23. The molecule has 31 heavy (non-hydrogen) atoms. The maximum Gasteiger partial charge on any atom is 0.254 e. The molecule has 1 aliphatic rings. The van der Waals surface area contributed by atoms with Crippen molar-refractivity contribution in [3.05, 3.63) is 52.5 Å². The average Bonchev–Trinajstić information content (AvgIpc) is 3.31. The molecule has 1 amide bonds. The van der Waals surface area contributed by atoms with Crippen molar-refractivity contribution >= 4 is 34.0 Å². The van der Waals surface area contributed by atoms with Crippen LogP contribution in [0, 0.1) is 0 Å². The van der Waals surface area contributed by atoms with E-state index in [1.807, 2.05) is 39.9 Å². The predicted molar refractivity (Wildman–Crippen MR) is 127 cm³/mol. The molecule has 1 aromatic carbocycles. The van der Waals surface area contributed by atoms with Gasteiger partial charge in [0.05, 0.1) is 17.6 Å². The number of thiophene rings is 1. The summed E-state index contributed by atoms with van der Waals surface area (Å²) < 4.78 is 0. The van der Waals surface area contributed by atoms with Crippen LogP contribution in [-0.2, 0) is 6.54 Å². The SMILES string of the molecule is CN(C)CCCNc1nc(CN2CCN(C(=O)c3ccsc3)CC2)nc2ccccc12. The fourth-order valence-corrected chi connectivity index (χ4v) is 4.44. The molecule has 1 fully saturated rings. The Morgan fingerprint density at radius 3 is 2.68 bits per heavy atom. The molecule has 0 unspecified atom stereocenters. The van der Waals surface area contributed by atoms with Gasteiger partial charge in [-0.25, -0.2) is 9.97 Å². The van der Waals surface area contributed by atoms with E-state index in [2.05, 4.69) is 35.3 Å². The number of anilines is 1. The van der Waals surface area contributed by atoms with Gasteiger partial charge in [0, 0.05) is 43.5 Å². The first kappa shape index (κ1) is 21.7. The highest BCUT2D eigenvalue weighted by Crippen LogP contribution is 2.21. The minimum absolute atomic E-state index is 0.132. The maximum atomic E-state index is 12.6. The Hall–Kier alpha value is -2.55. The molecule has 164 valence electrons. The van der Waals surface area contributed by atoms with Gasteiger partial charge in [-0.2, -0.15) is 11.3 Å². The van der Waals surface area contributed by atoms with Crippen LogP contribution in [0.2, 0.25) is 0 Å². The number of carbonyl (C=O) groups excluding carboxylic acids is 1. The fourth-order valence-electron chi connectivity index (χ4n) is 3.81. The zero-order chi connectivity index (χ0) is 21.6. The minimum atomic E-state index is 0.132. The maximum absolute atomic E-state index is 12.6. The van der Waals surface area contributed by atoms with Gasteiger partial charge < -0.3 is 15.1 Å². The molecular weight excluding hydrogens is 408 g/mol. The minimum Gasteiger partial charge on any atom is -0.369 e. The summed E-state index contributed by atoms with van der Waals surface area (Å²) >= 11 is 1.56. The van der Waals surface area contributed by atoms with E-state index in [1.54, 1.807) is 11.3 Å². The Bertz CT molecular complexity index is 998. The van der Waals surface area contributed by atoms with E-state index in [0.717, 1.165) is 73.8 Å². The summed E-state index contributed by atoms with van der Waals surface area (Å²) in [5.41, 5.74) is 1.76. The van der Waals surface area contributed by atoms with Gasteiger partial charge in [-0.3, -0.25) is 9.69 Å². The first-order valence-corrected chi connectivity index (χ1v) is 11.7. The molecule has 8 heteroatoms. The zero-order valence-corrected chi connectivity index (χ0v) is 19.1. The van der Waals surface area contributed by atoms with E-state index in [1.165, 1.54) is 0 Å². The fraction of sp³-hybridized carbons (Fsp3) is 0.435. The number of fused-ring (bicyclic) bond motifs is 1. The lowest BCUT2D eigenvalue weighted by Crippen LogP contribution is -2.48. The van der Waals surface area contributed by atoms with E-state index in [-0.39, 0.29) is 5.91 Å². The Balaban J connectivity index is 1.39. The largest absolute Gasteiger partial charge is 0.369 e. The van der Waals surface area contributed by atoms with Crippen LogP contribution in [0.5, 0.6) is 0 Å². The van der Waals surface area contributed by atoms with Crippen molar-refractivity contribution < 1.29 is 4.79 Å². The quantitative estimate of drug-likeness (QED) is 0.546. The summed E-state index contributed by atoms with van der Waals surface area (Å²) in [7, 11) is 4.18. The van der Waals surface area contributed by atoms with Crippen LogP contribution in [0.4, 0.5) is 5.82 Å². The van der Waals surface area contributed by atoms with Gasteiger partial charge in [-0.15, -0.1) is 0 Å². The molecule has 3 heterocycles. The molecule has 2 aromatic heterocycles.